The number of carboxylic acid groups (broad SMARTS) is 1. The van der Waals surface area contributed by atoms with Crippen molar-refractivity contribution in [2.75, 3.05) is 19.8 Å². The summed E-state index contributed by atoms with van der Waals surface area (Å²) in [5.74, 6) is -0.631. The molecule has 6 heteroatoms. The fourth-order valence-electron chi connectivity index (χ4n) is 2.62. The number of hydrogen-bond donors (Lipinski definition) is 3. The fraction of sp³-hybridized carbons (Fsp3) is 0.316. The number of nitrogens with zero attached hydrogens (tertiary/aromatic N) is 1. The second-order valence-electron chi connectivity index (χ2n) is 5.67. The lowest BCUT2D eigenvalue weighted by Crippen LogP contribution is -2.26. The summed E-state index contributed by atoms with van der Waals surface area (Å²) in [6.45, 7) is 4.01. The first-order chi connectivity index (χ1) is 12.0. The number of aromatic hydroxyl groups is 1. The summed E-state index contributed by atoms with van der Waals surface area (Å²) in [7, 11) is 0. The summed E-state index contributed by atoms with van der Waals surface area (Å²) in [6.07, 6.45) is 0. The second kappa shape index (κ2) is 9.05. The largest absolute Gasteiger partial charge is 0.507 e. The Bertz CT molecular complexity index is 717. The molecule has 2 aromatic rings. The minimum atomic E-state index is -1.17. The van der Waals surface area contributed by atoms with Crippen molar-refractivity contribution in [2.24, 2.45) is 0 Å². The predicted octanol–water partition coefficient (Wildman–Crippen LogP) is 2.48. The highest BCUT2D eigenvalue weighted by atomic mass is 16.5. The molecule has 0 atom stereocenters. The standard InChI is InChI=1S/C19H23NO5/c1-2-25-16-5-3-4-14(10-16)12-20(8-9-21)13-15-6-7-18(22)17(11-15)19(23)24/h3-7,10-11,21-22H,2,8-9,12-13H2,1H3,(H,23,24). The van der Waals surface area contributed by atoms with Crippen molar-refractivity contribution < 1.29 is 24.9 Å². The topological polar surface area (TPSA) is 90.2 Å². The summed E-state index contributed by atoms with van der Waals surface area (Å²) >= 11 is 0. The molecule has 25 heavy (non-hydrogen) atoms. The van der Waals surface area contributed by atoms with E-state index in [4.69, 9.17) is 9.84 Å². The molecule has 0 aliphatic carbocycles. The van der Waals surface area contributed by atoms with Gasteiger partial charge in [-0.3, -0.25) is 4.90 Å². The normalized spacial score (nSPS) is 10.8. The average Bonchev–Trinajstić information content (AvgIpc) is 2.57. The third kappa shape index (κ3) is 5.48. The third-order valence-corrected chi connectivity index (χ3v) is 3.73. The van der Waals surface area contributed by atoms with E-state index in [-0.39, 0.29) is 17.9 Å². The molecule has 2 aromatic carbocycles. The van der Waals surface area contributed by atoms with Crippen LogP contribution in [-0.2, 0) is 13.1 Å². The molecular formula is C19H23NO5. The Morgan fingerprint density at radius 3 is 2.48 bits per heavy atom. The maximum atomic E-state index is 11.1. The molecule has 0 bridgehead atoms. The summed E-state index contributed by atoms with van der Waals surface area (Å²) in [5, 5.41) is 28.0. The summed E-state index contributed by atoms with van der Waals surface area (Å²) in [5.41, 5.74) is 1.67. The first-order valence-electron chi connectivity index (χ1n) is 8.13. The minimum absolute atomic E-state index is 0.00494. The van der Waals surface area contributed by atoms with Crippen molar-refractivity contribution in [2.45, 2.75) is 20.0 Å². The molecule has 134 valence electrons. The molecule has 0 amide bonds. The van der Waals surface area contributed by atoms with Gasteiger partial charge in [0.1, 0.15) is 17.1 Å². The SMILES string of the molecule is CCOc1cccc(CN(CCO)Cc2ccc(O)c(C(=O)O)c2)c1. The van der Waals surface area contributed by atoms with Crippen LogP contribution in [0.4, 0.5) is 0 Å². The van der Waals surface area contributed by atoms with Crippen molar-refractivity contribution in [3.63, 3.8) is 0 Å². The Morgan fingerprint density at radius 2 is 1.84 bits per heavy atom. The minimum Gasteiger partial charge on any atom is -0.507 e. The van der Waals surface area contributed by atoms with E-state index in [9.17, 15) is 15.0 Å². The lowest BCUT2D eigenvalue weighted by atomic mass is 10.1. The van der Waals surface area contributed by atoms with Gasteiger partial charge in [-0.15, -0.1) is 0 Å². The van der Waals surface area contributed by atoms with Crippen molar-refractivity contribution in [1.29, 1.82) is 0 Å². The van der Waals surface area contributed by atoms with Gasteiger partial charge in [-0.05, 0) is 42.3 Å². The van der Waals surface area contributed by atoms with E-state index in [2.05, 4.69) is 0 Å². The van der Waals surface area contributed by atoms with Crippen LogP contribution in [0.5, 0.6) is 11.5 Å². The molecule has 2 rings (SSSR count). The van der Waals surface area contributed by atoms with Crippen LogP contribution in [0.1, 0.15) is 28.4 Å². The number of phenols is 1. The number of benzene rings is 2. The van der Waals surface area contributed by atoms with E-state index in [0.29, 0.717) is 26.2 Å². The van der Waals surface area contributed by atoms with Gasteiger partial charge in [-0.1, -0.05) is 18.2 Å². The molecule has 0 heterocycles. The van der Waals surface area contributed by atoms with Crippen LogP contribution in [0.25, 0.3) is 0 Å². The van der Waals surface area contributed by atoms with Gasteiger partial charge in [0, 0.05) is 19.6 Å². The van der Waals surface area contributed by atoms with Crippen molar-refractivity contribution in [3.8, 4) is 11.5 Å². The zero-order valence-electron chi connectivity index (χ0n) is 14.2. The summed E-state index contributed by atoms with van der Waals surface area (Å²) < 4.78 is 5.50. The molecule has 0 unspecified atom stereocenters. The molecule has 0 aliphatic heterocycles. The molecule has 0 spiro atoms. The number of carboxylic acids is 1. The number of hydrogen-bond acceptors (Lipinski definition) is 5. The van der Waals surface area contributed by atoms with E-state index in [1.807, 2.05) is 36.1 Å². The van der Waals surface area contributed by atoms with E-state index < -0.39 is 5.97 Å². The number of aliphatic hydroxyl groups excluding tert-OH is 1. The Labute approximate surface area is 146 Å². The highest BCUT2D eigenvalue weighted by molar-refractivity contribution is 5.90. The van der Waals surface area contributed by atoms with Crippen LogP contribution in [0.3, 0.4) is 0 Å². The number of rotatable bonds is 9. The van der Waals surface area contributed by atoms with Gasteiger partial charge in [0.15, 0.2) is 0 Å². The number of aromatic carboxylic acids is 1. The molecule has 0 fully saturated rings. The van der Waals surface area contributed by atoms with Gasteiger partial charge in [0.2, 0.25) is 0 Å². The number of ether oxygens (including phenoxy) is 1. The predicted molar refractivity (Wildman–Crippen MR) is 93.9 cm³/mol. The van der Waals surface area contributed by atoms with Gasteiger partial charge >= 0.3 is 5.97 Å². The average molecular weight is 345 g/mol. The van der Waals surface area contributed by atoms with Crippen molar-refractivity contribution in [1.82, 2.24) is 4.90 Å². The monoisotopic (exact) mass is 345 g/mol. The molecule has 0 saturated carbocycles. The van der Waals surface area contributed by atoms with Crippen LogP contribution in [-0.4, -0.2) is 45.9 Å². The lowest BCUT2D eigenvalue weighted by Gasteiger charge is -2.22. The third-order valence-electron chi connectivity index (χ3n) is 3.73. The number of aliphatic hydroxyl groups is 1. The van der Waals surface area contributed by atoms with Crippen LogP contribution >= 0.6 is 0 Å². The molecular weight excluding hydrogens is 322 g/mol. The summed E-state index contributed by atoms with van der Waals surface area (Å²) in [4.78, 5) is 13.2. The van der Waals surface area contributed by atoms with Crippen molar-refractivity contribution in [3.05, 3.63) is 59.2 Å². The molecule has 0 saturated heterocycles. The molecule has 0 radical (unpaired) electrons. The summed E-state index contributed by atoms with van der Waals surface area (Å²) in [6, 6.07) is 12.3. The van der Waals surface area contributed by atoms with Gasteiger partial charge in [-0.2, -0.15) is 0 Å². The highest BCUT2D eigenvalue weighted by Gasteiger charge is 2.13. The van der Waals surface area contributed by atoms with Crippen LogP contribution in [0, 0.1) is 0 Å². The van der Waals surface area contributed by atoms with Crippen molar-refractivity contribution >= 4 is 5.97 Å². The number of carbonyl (C=O) groups is 1. The van der Waals surface area contributed by atoms with Crippen LogP contribution in [0.15, 0.2) is 42.5 Å². The Morgan fingerprint density at radius 1 is 1.12 bits per heavy atom. The zero-order chi connectivity index (χ0) is 18.2. The first-order valence-corrected chi connectivity index (χ1v) is 8.13. The Hall–Kier alpha value is -2.57. The van der Waals surface area contributed by atoms with Crippen LogP contribution in [0.2, 0.25) is 0 Å². The molecule has 0 aromatic heterocycles. The van der Waals surface area contributed by atoms with E-state index in [1.54, 1.807) is 6.07 Å². The highest BCUT2D eigenvalue weighted by Crippen LogP contribution is 2.21. The maximum absolute atomic E-state index is 11.1. The van der Waals surface area contributed by atoms with E-state index >= 15 is 0 Å². The smallest absolute Gasteiger partial charge is 0.339 e. The quantitative estimate of drug-likeness (QED) is 0.647. The second-order valence-corrected chi connectivity index (χ2v) is 5.67. The van der Waals surface area contributed by atoms with Gasteiger partial charge in [0.05, 0.1) is 13.2 Å². The van der Waals surface area contributed by atoms with Gasteiger partial charge < -0.3 is 20.1 Å². The molecule has 0 aliphatic rings. The lowest BCUT2D eigenvalue weighted by molar-refractivity contribution is 0.0693. The van der Waals surface area contributed by atoms with Gasteiger partial charge in [-0.25, -0.2) is 4.79 Å². The van der Waals surface area contributed by atoms with E-state index in [1.165, 1.54) is 12.1 Å². The Kier molecular flexibility index (Phi) is 6.80. The van der Waals surface area contributed by atoms with Crippen LogP contribution < -0.4 is 4.74 Å². The fourth-order valence-corrected chi connectivity index (χ4v) is 2.62. The van der Waals surface area contributed by atoms with Gasteiger partial charge in [0.25, 0.3) is 0 Å². The molecule has 6 nitrogen and oxygen atoms in total. The Balaban J connectivity index is 2.14. The first kappa shape index (κ1) is 18.8. The molecule has 3 N–H and O–H groups in total. The zero-order valence-corrected chi connectivity index (χ0v) is 14.2. The van der Waals surface area contributed by atoms with E-state index in [0.717, 1.165) is 16.9 Å². The maximum Gasteiger partial charge on any atom is 0.339 e.